The second-order valence-electron chi connectivity index (χ2n) is 4.38. The Labute approximate surface area is 126 Å². The first kappa shape index (κ1) is 17.1. The largest absolute Gasteiger partial charge is 0.289 e. The second kappa shape index (κ2) is 7.14. The average molecular weight is 365 g/mol. The summed E-state index contributed by atoms with van der Waals surface area (Å²) in [5, 5.41) is 11.0. The van der Waals surface area contributed by atoms with Crippen molar-refractivity contribution < 1.29 is 13.3 Å². The summed E-state index contributed by atoms with van der Waals surface area (Å²) in [7, 11) is -3.91. The van der Waals surface area contributed by atoms with E-state index in [4.69, 9.17) is 0 Å². The fourth-order valence-corrected chi connectivity index (χ4v) is 3.89. The zero-order valence-corrected chi connectivity index (χ0v) is 13.7. The highest BCUT2D eigenvalue weighted by Crippen LogP contribution is 2.27. The average Bonchev–Trinajstić information content (AvgIpc) is 2.37. The highest BCUT2D eigenvalue weighted by Gasteiger charge is 2.27. The van der Waals surface area contributed by atoms with E-state index in [1.54, 1.807) is 0 Å². The van der Waals surface area contributed by atoms with Gasteiger partial charge in [0.15, 0.2) is 4.90 Å². The normalized spacial score (nSPS) is 13.2. The molecule has 0 bridgehead atoms. The molecule has 0 radical (unpaired) electrons. The lowest BCUT2D eigenvalue weighted by Crippen LogP contribution is -2.34. The maximum absolute atomic E-state index is 12.3. The molecule has 20 heavy (non-hydrogen) atoms. The summed E-state index contributed by atoms with van der Waals surface area (Å²) in [6, 6.07) is 3.66. The lowest BCUT2D eigenvalue weighted by molar-refractivity contribution is -0.387. The van der Waals surface area contributed by atoms with E-state index in [9.17, 15) is 18.5 Å². The van der Waals surface area contributed by atoms with Crippen LogP contribution in [0.4, 0.5) is 5.69 Å². The van der Waals surface area contributed by atoms with Crippen LogP contribution in [-0.2, 0) is 10.0 Å². The Bertz CT molecular complexity index is 589. The maximum Gasteiger partial charge on any atom is 0.289 e. The molecule has 112 valence electrons. The van der Waals surface area contributed by atoms with E-state index in [0.29, 0.717) is 17.3 Å². The standard InChI is InChI=1S/C12H17BrN2O4S/c1-3-5-10(4-2)14-20(18,19)12-8-9(13)6-7-11(12)15(16)17/h6-8,10,14H,3-5H2,1-2H3. The number of nitrogens with zero attached hydrogens (tertiary/aromatic N) is 1. The summed E-state index contributed by atoms with van der Waals surface area (Å²) < 4.78 is 27.6. The maximum atomic E-state index is 12.3. The molecule has 1 aromatic carbocycles. The summed E-state index contributed by atoms with van der Waals surface area (Å²) in [6.07, 6.45) is 2.16. The van der Waals surface area contributed by atoms with Gasteiger partial charge in [0.2, 0.25) is 10.0 Å². The van der Waals surface area contributed by atoms with Crippen LogP contribution in [0.25, 0.3) is 0 Å². The molecule has 1 aromatic rings. The van der Waals surface area contributed by atoms with E-state index in [1.165, 1.54) is 18.2 Å². The predicted octanol–water partition coefficient (Wildman–Crippen LogP) is 3.21. The van der Waals surface area contributed by atoms with Gasteiger partial charge in [0.1, 0.15) is 0 Å². The van der Waals surface area contributed by atoms with Gasteiger partial charge in [0, 0.05) is 16.6 Å². The van der Waals surface area contributed by atoms with Crippen LogP contribution in [0.5, 0.6) is 0 Å². The van der Waals surface area contributed by atoms with E-state index in [-0.39, 0.29) is 10.9 Å². The predicted molar refractivity (Wildman–Crippen MR) is 80.1 cm³/mol. The third-order valence-electron chi connectivity index (χ3n) is 2.86. The monoisotopic (exact) mass is 364 g/mol. The van der Waals surface area contributed by atoms with Crippen LogP contribution in [0.3, 0.4) is 0 Å². The Morgan fingerprint density at radius 3 is 2.55 bits per heavy atom. The van der Waals surface area contributed by atoms with E-state index in [0.717, 1.165) is 6.42 Å². The van der Waals surface area contributed by atoms with Crippen molar-refractivity contribution >= 4 is 31.6 Å². The van der Waals surface area contributed by atoms with E-state index in [1.807, 2.05) is 13.8 Å². The number of sulfonamides is 1. The van der Waals surface area contributed by atoms with Gasteiger partial charge >= 0.3 is 0 Å². The molecule has 0 saturated heterocycles. The van der Waals surface area contributed by atoms with Gasteiger partial charge in [-0.3, -0.25) is 10.1 Å². The molecule has 6 nitrogen and oxygen atoms in total. The Balaban J connectivity index is 3.21. The van der Waals surface area contributed by atoms with Crippen molar-refractivity contribution in [1.29, 1.82) is 0 Å². The summed E-state index contributed by atoms with van der Waals surface area (Å²) >= 11 is 3.14. The molecule has 8 heteroatoms. The Hall–Kier alpha value is -0.990. The van der Waals surface area contributed by atoms with E-state index in [2.05, 4.69) is 20.7 Å². The number of nitrogens with one attached hydrogen (secondary N) is 1. The van der Waals surface area contributed by atoms with Gasteiger partial charge in [-0.15, -0.1) is 0 Å². The van der Waals surface area contributed by atoms with Crippen LogP contribution < -0.4 is 4.72 Å². The van der Waals surface area contributed by atoms with Crippen molar-refractivity contribution in [2.75, 3.05) is 0 Å². The Morgan fingerprint density at radius 1 is 1.40 bits per heavy atom. The molecule has 0 aliphatic heterocycles. The number of benzene rings is 1. The zero-order chi connectivity index (χ0) is 15.3. The molecule has 0 heterocycles. The topological polar surface area (TPSA) is 89.3 Å². The summed E-state index contributed by atoms with van der Waals surface area (Å²) in [5.74, 6) is 0. The molecule has 0 saturated carbocycles. The van der Waals surface area contributed by atoms with Crippen molar-refractivity contribution in [2.24, 2.45) is 0 Å². The van der Waals surface area contributed by atoms with Gasteiger partial charge in [-0.25, -0.2) is 13.1 Å². The minimum absolute atomic E-state index is 0.219. The molecular weight excluding hydrogens is 348 g/mol. The van der Waals surface area contributed by atoms with Crippen LogP contribution in [0.1, 0.15) is 33.1 Å². The zero-order valence-electron chi connectivity index (χ0n) is 11.3. The number of halogens is 1. The van der Waals surface area contributed by atoms with E-state index < -0.39 is 20.6 Å². The molecule has 0 fully saturated rings. The second-order valence-corrected chi connectivity index (χ2v) is 6.98. The highest BCUT2D eigenvalue weighted by atomic mass is 79.9. The van der Waals surface area contributed by atoms with Gasteiger partial charge in [0.05, 0.1) is 4.92 Å². The number of hydrogen-bond acceptors (Lipinski definition) is 4. The molecule has 1 rings (SSSR count). The fraction of sp³-hybridized carbons (Fsp3) is 0.500. The quantitative estimate of drug-likeness (QED) is 0.594. The minimum atomic E-state index is -3.91. The smallest absolute Gasteiger partial charge is 0.258 e. The molecular formula is C12H17BrN2O4S. The van der Waals surface area contributed by atoms with E-state index >= 15 is 0 Å². The number of nitro benzene ring substituents is 1. The van der Waals surface area contributed by atoms with Crippen molar-refractivity contribution in [3.8, 4) is 0 Å². The number of nitro groups is 1. The molecule has 0 aliphatic rings. The summed E-state index contributed by atoms with van der Waals surface area (Å²) in [6.45, 7) is 3.83. The van der Waals surface area contributed by atoms with Crippen LogP contribution in [-0.4, -0.2) is 19.4 Å². The van der Waals surface area contributed by atoms with Gasteiger partial charge < -0.3 is 0 Å². The molecule has 0 aromatic heterocycles. The van der Waals surface area contributed by atoms with Crippen molar-refractivity contribution in [3.05, 3.63) is 32.8 Å². The van der Waals surface area contributed by atoms with Crippen LogP contribution in [0, 0.1) is 10.1 Å². The first-order valence-corrected chi connectivity index (χ1v) is 8.55. The lowest BCUT2D eigenvalue weighted by atomic mass is 10.1. The molecule has 1 unspecified atom stereocenters. The van der Waals surface area contributed by atoms with Crippen molar-refractivity contribution in [1.82, 2.24) is 4.72 Å². The molecule has 0 spiro atoms. The van der Waals surface area contributed by atoms with Crippen molar-refractivity contribution in [3.63, 3.8) is 0 Å². The summed E-state index contributed by atoms with van der Waals surface area (Å²) in [4.78, 5) is 9.95. The minimum Gasteiger partial charge on any atom is -0.258 e. The highest BCUT2D eigenvalue weighted by molar-refractivity contribution is 9.10. The van der Waals surface area contributed by atoms with Gasteiger partial charge in [0.25, 0.3) is 5.69 Å². The molecule has 0 aliphatic carbocycles. The first-order chi connectivity index (χ1) is 9.31. The molecule has 1 atom stereocenters. The summed E-state index contributed by atoms with van der Waals surface area (Å²) in [5.41, 5.74) is -0.424. The SMILES string of the molecule is CCCC(CC)NS(=O)(=O)c1cc(Br)ccc1[N+](=O)[O-]. The third-order valence-corrected chi connectivity index (χ3v) is 4.90. The molecule has 0 amide bonds. The number of hydrogen-bond donors (Lipinski definition) is 1. The van der Waals surface area contributed by atoms with Crippen LogP contribution in [0.2, 0.25) is 0 Å². The Morgan fingerprint density at radius 2 is 2.05 bits per heavy atom. The lowest BCUT2D eigenvalue weighted by Gasteiger charge is -2.16. The van der Waals surface area contributed by atoms with Gasteiger partial charge in [-0.05, 0) is 25.0 Å². The van der Waals surface area contributed by atoms with Crippen LogP contribution in [0.15, 0.2) is 27.6 Å². The van der Waals surface area contributed by atoms with Gasteiger partial charge in [-0.1, -0.05) is 36.2 Å². The van der Waals surface area contributed by atoms with Gasteiger partial charge in [-0.2, -0.15) is 0 Å². The number of rotatable bonds is 7. The molecule has 1 N–H and O–H groups in total. The van der Waals surface area contributed by atoms with Crippen molar-refractivity contribution in [2.45, 2.75) is 44.0 Å². The first-order valence-electron chi connectivity index (χ1n) is 6.28. The Kier molecular flexibility index (Phi) is 6.09. The fourth-order valence-electron chi connectivity index (χ4n) is 1.83. The van der Waals surface area contributed by atoms with Crippen LogP contribution >= 0.6 is 15.9 Å². The third kappa shape index (κ3) is 4.26.